The predicted molar refractivity (Wildman–Crippen MR) is 134 cm³/mol. The minimum Gasteiger partial charge on any atom is -0.355 e. The zero-order valence-electron chi connectivity index (χ0n) is 19.4. The third kappa shape index (κ3) is 6.38. The van der Waals surface area contributed by atoms with Crippen molar-refractivity contribution in [1.82, 2.24) is 9.88 Å². The second-order valence-corrected chi connectivity index (χ2v) is 8.32. The molecule has 34 heavy (non-hydrogen) atoms. The molecule has 0 aliphatic heterocycles. The van der Waals surface area contributed by atoms with Crippen LogP contribution in [0.1, 0.15) is 20.8 Å². The fourth-order valence-corrected chi connectivity index (χ4v) is 3.83. The summed E-state index contributed by atoms with van der Waals surface area (Å²) in [4.78, 5) is 38.6. The summed E-state index contributed by atoms with van der Waals surface area (Å²) in [5.74, 6) is 1.47. The topological polar surface area (TPSA) is 107 Å². The van der Waals surface area contributed by atoms with Gasteiger partial charge in [-0.15, -0.1) is 6.42 Å². The highest BCUT2D eigenvalue weighted by atomic mass is 32.1. The maximum absolute atomic E-state index is 12.7. The van der Waals surface area contributed by atoms with Crippen LogP contribution < -0.4 is 30.3 Å². The number of benzene rings is 1. The summed E-state index contributed by atoms with van der Waals surface area (Å²) in [6.07, 6.45) is 6.62. The Kier molecular flexibility index (Phi) is 9.26. The molecule has 0 saturated carbocycles. The van der Waals surface area contributed by atoms with Gasteiger partial charge in [0.25, 0.3) is 11.5 Å². The lowest BCUT2D eigenvalue weighted by Crippen LogP contribution is -2.30. The van der Waals surface area contributed by atoms with E-state index in [1.807, 2.05) is 38.1 Å². The van der Waals surface area contributed by atoms with Gasteiger partial charge in [-0.25, -0.2) is 0 Å². The third-order valence-electron chi connectivity index (χ3n) is 4.62. The van der Waals surface area contributed by atoms with Crippen molar-refractivity contribution in [1.29, 1.82) is 5.26 Å². The number of hydrogen-bond acceptors (Lipinski definition) is 6. The molecule has 0 unspecified atom stereocenters. The van der Waals surface area contributed by atoms with Gasteiger partial charge in [0.2, 0.25) is 5.91 Å². The number of thiazole rings is 1. The molecule has 9 heteroatoms. The first kappa shape index (κ1) is 26.0. The Bertz CT molecular complexity index is 1420. The highest BCUT2D eigenvalue weighted by Gasteiger charge is 2.14. The molecule has 0 atom stereocenters. The zero-order chi connectivity index (χ0) is 25.3. The minimum absolute atomic E-state index is 0.000462. The summed E-state index contributed by atoms with van der Waals surface area (Å²) < 4.78 is 2.01. The Morgan fingerprint density at radius 3 is 2.71 bits per heavy atom. The van der Waals surface area contributed by atoms with E-state index in [2.05, 4.69) is 28.0 Å². The number of nitriles is 1. The Morgan fingerprint density at radius 2 is 2.09 bits per heavy atom. The summed E-state index contributed by atoms with van der Waals surface area (Å²) in [7, 11) is 1.72. The van der Waals surface area contributed by atoms with Crippen molar-refractivity contribution in [3.05, 3.63) is 55.6 Å². The standard InChI is InChI=1S/C25H25N5O3S/c1-6-12-28-23(31)18(16-26)14-22-30(7-2)25(33)21(34-22)11-13-27-19-9-8-10-20(15-19)29(5)24(32)17(3)4/h1,8-10,13,15,17,27H,7,12H2,2-5H3,(H,28,31). The quantitative estimate of drug-likeness (QED) is 0.355. The average Bonchev–Trinajstić information content (AvgIpc) is 3.13. The number of hydrogen-bond donors (Lipinski definition) is 2. The van der Waals surface area contributed by atoms with Gasteiger partial charge < -0.3 is 15.5 Å². The average molecular weight is 476 g/mol. The van der Waals surface area contributed by atoms with Gasteiger partial charge in [-0.05, 0) is 25.1 Å². The van der Waals surface area contributed by atoms with Gasteiger partial charge >= 0.3 is 0 Å². The van der Waals surface area contributed by atoms with Crippen molar-refractivity contribution in [2.45, 2.75) is 27.3 Å². The van der Waals surface area contributed by atoms with E-state index < -0.39 is 5.91 Å². The Balaban J connectivity index is 2.46. The summed E-state index contributed by atoms with van der Waals surface area (Å²) >= 11 is 1.06. The van der Waals surface area contributed by atoms with Crippen LogP contribution in [0.3, 0.4) is 0 Å². The van der Waals surface area contributed by atoms with E-state index in [-0.39, 0.29) is 34.0 Å². The number of carbonyl (C=O) groups is 2. The lowest BCUT2D eigenvalue weighted by atomic mass is 10.1. The molecule has 2 rings (SSSR count). The largest absolute Gasteiger partial charge is 0.355 e. The van der Waals surface area contributed by atoms with Gasteiger partial charge in [-0.2, -0.15) is 5.26 Å². The van der Waals surface area contributed by atoms with E-state index in [0.29, 0.717) is 16.9 Å². The van der Waals surface area contributed by atoms with Crippen LogP contribution in [0.4, 0.5) is 11.4 Å². The Morgan fingerprint density at radius 1 is 1.35 bits per heavy atom. The van der Waals surface area contributed by atoms with Gasteiger partial charge in [0.1, 0.15) is 15.3 Å². The van der Waals surface area contributed by atoms with Gasteiger partial charge in [-0.3, -0.25) is 19.0 Å². The molecule has 0 bridgehead atoms. The zero-order valence-corrected chi connectivity index (χ0v) is 20.2. The summed E-state index contributed by atoms with van der Waals surface area (Å²) in [6.45, 7) is 5.76. The number of carbonyl (C=O) groups excluding carboxylic acids is 2. The molecule has 0 fully saturated rings. The molecule has 0 spiro atoms. The minimum atomic E-state index is -0.660. The lowest BCUT2D eigenvalue weighted by Gasteiger charge is -2.20. The van der Waals surface area contributed by atoms with Gasteiger partial charge in [0.15, 0.2) is 5.57 Å². The van der Waals surface area contributed by atoms with Crippen LogP contribution in [0.15, 0.2) is 40.8 Å². The lowest BCUT2D eigenvalue weighted by molar-refractivity contribution is -0.121. The molecule has 1 aromatic heterocycles. The second-order valence-electron chi connectivity index (χ2n) is 7.32. The van der Waals surface area contributed by atoms with Gasteiger partial charge in [0.05, 0.1) is 6.54 Å². The second kappa shape index (κ2) is 12.1. The molecule has 2 aromatic rings. The SMILES string of the molecule is C#CCNC(=O)C(=C=c1sc(=C=CNc2cccc(N(C)C(=O)C(C)C)c2)c(=O)n1CC)C#N. The molecule has 2 amide bonds. The van der Waals surface area contributed by atoms with E-state index in [1.54, 1.807) is 24.9 Å². The molecular weight excluding hydrogens is 450 g/mol. The molecule has 174 valence electrons. The Labute approximate surface area is 201 Å². The predicted octanol–water partition coefficient (Wildman–Crippen LogP) is 1.13. The monoisotopic (exact) mass is 475 g/mol. The van der Waals surface area contributed by atoms with Crippen molar-refractivity contribution in [3.8, 4) is 18.4 Å². The highest BCUT2D eigenvalue weighted by Crippen LogP contribution is 2.19. The molecule has 0 aliphatic carbocycles. The maximum Gasteiger partial charge on any atom is 0.277 e. The van der Waals surface area contributed by atoms with Crippen molar-refractivity contribution in [2.24, 2.45) is 5.92 Å². The normalized spacial score (nSPS) is 9.74. The molecule has 0 aliphatic rings. The van der Waals surface area contributed by atoms with Crippen LogP contribution in [0, 0.1) is 29.6 Å². The van der Waals surface area contributed by atoms with E-state index >= 15 is 0 Å². The number of amides is 2. The fraction of sp³-hybridized carbons (Fsp3) is 0.280. The number of terminal acetylenes is 1. The number of nitrogens with one attached hydrogen (secondary N) is 2. The molecule has 1 heterocycles. The summed E-state index contributed by atoms with van der Waals surface area (Å²) in [5, 5.41) is 14.7. The smallest absolute Gasteiger partial charge is 0.277 e. The molecule has 2 N–H and O–H groups in total. The van der Waals surface area contributed by atoms with Crippen molar-refractivity contribution >= 4 is 46.0 Å². The van der Waals surface area contributed by atoms with Crippen LogP contribution in [-0.4, -0.2) is 30.0 Å². The van der Waals surface area contributed by atoms with Crippen molar-refractivity contribution in [2.75, 3.05) is 23.8 Å². The highest BCUT2D eigenvalue weighted by molar-refractivity contribution is 7.07. The van der Waals surface area contributed by atoms with E-state index in [4.69, 9.17) is 6.42 Å². The van der Waals surface area contributed by atoms with Crippen LogP contribution in [0.2, 0.25) is 0 Å². The first-order valence-corrected chi connectivity index (χ1v) is 11.3. The number of rotatable bonds is 7. The van der Waals surface area contributed by atoms with Crippen LogP contribution in [-0.2, 0) is 16.1 Å². The van der Waals surface area contributed by atoms with Crippen LogP contribution in [0.5, 0.6) is 0 Å². The Hall–Kier alpha value is -4.26. The van der Waals surface area contributed by atoms with Crippen LogP contribution >= 0.6 is 11.3 Å². The summed E-state index contributed by atoms with van der Waals surface area (Å²) in [6, 6.07) is 9.07. The molecule has 8 nitrogen and oxygen atoms in total. The first-order chi connectivity index (χ1) is 16.2. The van der Waals surface area contributed by atoms with Crippen LogP contribution in [0.25, 0.3) is 11.5 Å². The molecule has 0 radical (unpaired) electrons. The maximum atomic E-state index is 12.7. The van der Waals surface area contributed by atoms with Crippen molar-refractivity contribution < 1.29 is 9.59 Å². The number of anilines is 2. The van der Waals surface area contributed by atoms with E-state index in [1.165, 1.54) is 10.8 Å². The van der Waals surface area contributed by atoms with E-state index in [0.717, 1.165) is 17.0 Å². The van der Waals surface area contributed by atoms with Crippen molar-refractivity contribution in [3.63, 3.8) is 0 Å². The summed E-state index contributed by atoms with van der Waals surface area (Å²) in [5.41, 5.74) is 6.48. The number of nitrogens with zero attached hydrogens (tertiary/aromatic N) is 3. The fourth-order valence-electron chi connectivity index (χ4n) is 2.85. The third-order valence-corrected chi connectivity index (χ3v) is 5.63. The van der Waals surface area contributed by atoms with Gasteiger partial charge in [-0.1, -0.05) is 48.6 Å². The molecular formula is C25H25N5O3S. The van der Waals surface area contributed by atoms with E-state index in [9.17, 15) is 19.6 Å². The molecule has 1 aromatic carbocycles. The molecule has 0 saturated heterocycles. The first-order valence-electron chi connectivity index (χ1n) is 10.4. The number of aromatic nitrogens is 1. The van der Waals surface area contributed by atoms with Gasteiger partial charge in [0, 0.05) is 37.1 Å².